The summed E-state index contributed by atoms with van der Waals surface area (Å²) in [6, 6.07) is 12.2. The average Bonchev–Trinajstić information content (AvgIpc) is 2.41. The van der Waals surface area contributed by atoms with Gasteiger partial charge in [0.05, 0.1) is 0 Å². The molecule has 2 aromatic rings. The third-order valence-corrected chi connectivity index (χ3v) is 2.09. The van der Waals surface area contributed by atoms with Gasteiger partial charge in [-0.3, -0.25) is 9.59 Å². The molecule has 0 saturated heterocycles. The maximum absolute atomic E-state index is 10.6. The van der Waals surface area contributed by atoms with Gasteiger partial charge in [0.2, 0.25) is 0 Å². The summed E-state index contributed by atoms with van der Waals surface area (Å²) in [4.78, 5) is 20.1. The molecule has 2 aromatic carbocycles. The van der Waals surface area contributed by atoms with Crippen molar-refractivity contribution >= 4 is 12.6 Å². The SMILES string of the molecule is O=Cc1ccccc1[O-].O=Cc1ccccc1[O-].[Zn+2]. The standard InChI is InChI=1S/2C7H6O2.Zn/c2*8-5-6-3-1-2-4-7(6)9;/h2*1-5,9H;/q;;+2/p-2. The molecule has 0 bridgehead atoms. The Morgan fingerprint density at radius 3 is 1.21 bits per heavy atom. The Morgan fingerprint density at radius 2 is 1.00 bits per heavy atom. The zero-order valence-electron chi connectivity index (χ0n) is 10.1. The number of carbonyl (C=O) groups is 2. The van der Waals surface area contributed by atoms with Crippen LogP contribution in [0.2, 0.25) is 0 Å². The van der Waals surface area contributed by atoms with Crippen molar-refractivity contribution in [3.8, 4) is 11.5 Å². The van der Waals surface area contributed by atoms with Crippen LogP contribution in [0.3, 0.4) is 0 Å². The Bertz CT molecular complexity index is 491. The van der Waals surface area contributed by atoms with Crippen LogP contribution in [-0.2, 0) is 19.5 Å². The minimum absolute atomic E-state index is 0. The maximum Gasteiger partial charge on any atom is 2.00 e. The first-order valence-corrected chi connectivity index (χ1v) is 5.11. The third-order valence-electron chi connectivity index (χ3n) is 2.09. The third kappa shape index (κ3) is 5.45. The van der Waals surface area contributed by atoms with Crippen molar-refractivity contribution in [1.82, 2.24) is 0 Å². The number of rotatable bonds is 2. The number of para-hydroxylation sites is 2. The monoisotopic (exact) mass is 306 g/mol. The van der Waals surface area contributed by atoms with Gasteiger partial charge in [-0.1, -0.05) is 60.0 Å². The normalized spacial score (nSPS) is 8.42. The summed E-state index contributed by atoms with van der Waals surface area (Å²) < 4.78 is 0. The maximum atomic E-state index is 10.6. The molecule has 0 amide bonds. The van der Waals surface area contributed by atoms with Gasteiger partial charge in [0.15, 0.2) is 0 Å². The Labute approximate surface area is 123 Å². The fourth-order valence-corrected chi connectivity index (χ4v) is 1.16. The second-order valence-corrected chi connectivity index (χ2v) is 3.31. The van der Waals surface area contributed by atoms with Crippen LogP contribution in [0.4, 0.5) is 0 Å². The van der Waals surface area contributed by atoms with E-state index in [1.165, 1.54) is 24.3 Å². The second-order valence-electron chi connectivity index (χ2n) is 3.31. The molecule has 19 heavy (non-hydrogen) atoms. The molecule has 0 aliphatic rings. The molecule has 0 atom stereocenters. The number of hydrogen-bond donors (Lipinski definition) is 0. The van der Waals surface area contributed by atoms with Crippen molar-refractivity contribution in [3.05, 3.63) is 59.7 Å². The Kier molecular flexibility index (Phi) is 8.06. The zero-order valence-corrected chi connectivity index (χ0v) is 13.1. The van der Waals surface area contributed by atoms with E-state index in [-0.39, 0.29) is 42.1 Å². The van der Waals surface area contributed by atoms with Gasteiger partial charge in [-0.05, 0) is 0 Å². The number of aldehydes is 2. The van der Waals surface area contributed by atoms with Gasteiger partial charge in [-0.25, -0.2) is 0 Å². The molecular weight excluding hydrogens is 298 g/mol. The van der Waals surface area contributed by atoms with Crippen molar-refractivity contribution in [2.24, 2.45) is 0 Å². The number of carbonyl (C=O) groups excluding carboxylic acids is 2. The predicted molar refractivity (Wildman–Crippen MR) is 62.6 cm³/mol. The molecule has 0 aliphatic carbocycles. The Hall–Kier alpha value is -2.00. The summed E-state index contributed by atoms with van der Waals surface area (Å²) in [7, 11) is 0. The second kappa shape index (κ2) is 9.00. The van der Waals surface area contributed by atoms with E-state index in [1.54, 1.807) is 24.3 Å². The summed E-state index contributed by atoms with van der Waals surface area (Å²) in [5.74, 6) is -0.431. The van der Waals surface area contributed by atoms with Gasteiger partial charge < -0.3 is 10.2 Å². The van der Waals surface area contributed by atoms with Crippen LogP contribution in [0.25, 0.3) is 0 Å². The van der Waals surface area contributed by atoms with Gasteiger partial charge in [0.1, 0.15) is 12.6 Å². The average molecular weight is 308 g/mol. The van der Waals surface area contributed by atoms with Crippen LogP contribution in [0.1, 0.15) is 20.7 Å². The van der Waals surface area contributed by atoms with E-state index in [4.69, 9.17) is 0 Å². The molecule has 0 heterocycles. The fourth-order valence-electron chi connectivity index (χ4n) is 1.16. The van der Waals surface area contributed by atoms with Gasteiger partial charge >= 0.3 is 19.5 Å². The van der Waals surface area contributed by atoms with E-state index < -0.39 is 0 Å². The van der Waals surface area contributed by atoms with Gasteiger partial charge in [0.25, 0.3) is 0 Å². The molecule has 0 saturated carbocycles. The molecular formula is C14H10O4Zn. The summed E-state index contributed by atoms with van der Waals surface area (Å²) in [6.45, 7) is 0. The smallest absolute Gasteiger partial charge is 0.872 e. The molecule has 0 aromatic heterocycles. The predicted octanol–water partition coefficient (Wildman–Crippen LogP) is 1.14. The van der Waals surface area contributed by atoms with Crippen molar-refractivity contribution in [2.45, 2.75) is 0 Å². The molecule has 0 spiro atoms. The Morgan fingerprint density at radius 1 is 0.684 bits per heavy atom. The first kappa shape index (κ1) is 17.0. The molecule has 0 unspecified atom stereocenters. The summed E-state index contributed by atoms with van der Waals surface area (Å²) in [6.07, 6.45) is 1.12. The van der Waals surface area contributed by atoms with Crippen LogP contribution in [0.5, 0.6) is 11.5 Å². The summed E-state index contributed by atoms with van der Waals surface area (Å²) in [5, 5.41) is 21.2. The van der Waals surface area contributed by atoms with E-state index in [9.17, 15) is 19.8 Å². The molecule has 0 radical (unpaired) electrons. The molecule has 2 rings (SSSR count). The van der Waals surface area contributed by atoms with Crippen molar-refractivity contribution < 1.29 is 39.3 Å². The van der Waals surface area contributed by atoms with Crippen LogP contribution >= 0.6 is 0 Å². The van der Waals surface area contributed by atoms with E-state index in [2.05, 4.69) is 0 Å². The van der Waals surface area contributed by atoms with E-state index in [0.717, 1.165) is 0 Å². The summed E-state index contributed by atoms with van der Waals surface area (Å²) in [5.41, 5.74) is 0.440. The first-order valence-electron chi connectivity index (χ1n) is 5.11. The molecule has 4 nitrogen and oxygen atoms in total. The quantitative estimate of drug-likeness (QED) is 0.615. The minimum Gasteiger partial charge on any atom is -0.872 e. The van der Waals surface area contributed by atoms with Crippen LogP contribution in [0, 0.1) is 0 Å². The summed E-state index contributed by atoms with van der Waals surface area (Å²) >= 11 is 0. The number of benzene rings is 2. The molecule has 92 valence electrons. The largest absolute Gasteiger partial charge is 2.00 e. The minimum atomic E-state index is -0.215. The van der Waals surface area contributed by atoms with Crippen molar-refractivity contribution in [2.75, 3.05) is 0 Å². The Balaban J connectivity index is 0.000000324. The van der Waals surface area contributed by atoms with Gasteiger partial charge in [-0.2, -0.15) is 0 Å². The molecule has 5 heteroatoms. The van der Waals surface area contributed by atoms with Crippen LogP contribution in [-0.4, -0.2) is 12.6 Å². The molecule has 0 N–H and O–H groups in total. The van der Waals surface area contributed by atoms with Crippen molar-refractivity contribution in [1.29, 1.82) is 0 Å². The zero-order chi connectivity index (χ0) is 13.4. The van der Waals surface area contributed by atoms with Crippen molar-refractivity contribution in [3.63, 3.8) is 0 Å². The molecule has 0 fully saturated rings. The molecule has 0 aliphatic heterocycles. The van der Waals surface area contributed by atoms with Crippen LogP contribution < -0.4 is 10.2 Å². The van der Waals surface area contributed by atoms with Crippen LogP contribution in [0.15, 0.2) is 48.5 Å². The van der Waals surface area contributed by atoms with E-state index in [0.29, 0.717) is 12.6 Å². The van der Waals surface area contributed by atoms with Gasteiger partial charge in [0, 0.05) is 11.1 Å². The van der Waals surface area contributed by atoms with Gasteiger partial charge in [-0.15, -0.1) is 0 Å². The van der Waals surface area contributed by atoms with E-state index >= 15 is 0 Å². The first-order chi connectivity index (χ1) is 8.69. The topological polar surface area (TPSA) is 80.3 Å². The fraction of sp³-hybridized carbons (Fsp3) is 0. The van der Waals surface area contributed by atoms with E-state index in [1.807, 2.05) is 0 Å². The number of hydrogen-bond acceptors (Lipinski definition) is 4.